The van der Waals surface area contributed by atoms with Crippen LogP contribution in [0.15, 0.2) is 24.3 Å². The third-order valence-electron chi connectivity index (χ3n) is 1.01. The van der Waals surface area contributed by atoms with Gasteiger partial charge in [-0.05, 0) is 12.1 Å². The summed E-state index contributed by atoms with van der Waals surface area (Å²) in [5.41, 5.74) is 0.652. The van der Waals surface area contributed by atoms with E-state index in [1.165, 1.54) is 0 Å². The van der Waals surface area contributed by atoms with E-state index in [4.69, 9.17) is 11.6 Å². The molecule has 0 N–H and O–H groups in total. The molecule has 0 aliphatic heterocycles. The molecule has 3 heteroatoms. The lowest BCUT2D eigenvalue weighted by Gasteiger charge is -1.87. The van der Waals surface area contributed by atoms with Crippen LogP contribution in [0.2, 0.25) is 5.02 Å². The molecule has 0 atom stereocenters. The van der Waals surface area contributed by atoms with Crippen LogP contribution in [0, 0.1) is 0 Å². The predicted octanol–water partition coefficient (Wildman–Crippen LogP) is 2.57. The second-order valence-corrected chi connectivity index (χ2v) is 2.11. The lowest BCUT2D eigenvalue weighted by atomic mass is 10.2. The number of aldehydes is 1. The molecule has 0 aliphatic carbocycles. The first-order valence-electron chi connectivity index (χ1n) is 2.53. The van der Waals surface area contributed by atoms with Gasteiger partial charge < -0.3 is 0 Å². The minimum absolute atomic E-state index is 0. The summed E-state index contributed by atoms with van der Waals surface area (Å²) in [6.07, 6.45) is 0.788. The molecule has 0 fully saturated rings. The third kappa shape index (κ3) is 2.38. The number of rotatable bonds is 1. The third-order valence-corrected chi connectivity index (χ3v) is 1.26. The molecule has 0 spiro atoms. The van der Waals surface area contributed by atoms with E-state index in [-0.39, 0.29) is 12.4 Å². The molecule has 0 aliphatic rings. The Kier molecular flexibility index (Phi) is 4.08. The van der Waals surface area contributed by atoms with E-state index in [9.17, 15) is 4.79 Å². The van der Waals surface area contributed by atoms with Crippen LogP contribution in [0.5, 0.6) is 0 Å². The smallest absolute Gasteiger partial charge is 0.150 e. The van der Waals surface area contributed by atoms with Crippen LogP contribution >= 0.6 is 24.0 Å². The van der Waals surface area contributed by atoms with Gasteiger partial charge in [-0.25, -0.2) is 0 Å². The average Bonchev–Trinajstić information content (AvgIpc) is 1.90. The summed E-state index contributed by atoms with van der Waals surface area (Å²) < 4.78 is 0. The number of hydrogen-bond acceptors (Lipinski definition) is 1. The van der Waals surface area contributed by atoms with E-state index in [1.807, 2.05) is 0 Å². The van der Waals surface area contributed by atoms with E-state index in [0.29, 0.717) is 10.6 Å². The van der Waals surface area contributed by atoms with Crippen LogP contribution in [0.3, 0.4) is 0 Å². The normalized spacial score (nSPS) is 8.10. The maximum absolute atomic E-state index is 10.1. The fourth-order valence-electron chi connectivity index (χ4n) is 0.541. The Balaban J connectivity index is 0.000000810. The van der Waals surface area contributed by atoms with Crippen molar-refractivity contribution >= 4 is 30.3 Å². The maximum atomic E-state index is 10.1. The highest BCUT2D eigenvalue weighted by molar-refractivity contribution is 6.30. The van der Waals surface area contributed by atoms with Crippen LogP contribution in [-0.4, -0.2) is 6.29 Å². The molecule has 0 unspecified atom stereocenters. The van der Waals surface area contributed by atoms with Crippen molar-refractivity contribution in [3.63, 3.8) is 0 Å². The zero-order valence-electron chi connectivity index (χ0n) is 5.08. The highest BCUT2D eigenvalue weighted by atomic mass is 35.5. The van der Waals surface area contributed by atoms with Gasteiger partial charge in [0.15, 0.2) is 0 Å². The van der Waals surface area contributed by atoms with Gasteiger partial charge >= 0.3 is 0 Å². The Bertz CT molecular complexity index is 205. The van der Waals surface area contributed by atoms with Crippen LogP contribution < -0.4 is 0 Å². The molecule has 0 amide bonds. The summed E-state index contributed by atoms with van der Waals surface area (Å²) in [4.78, 5) is 10.1. The molecule has 0 saturated heterocycles. The van der Waals surface area contributed by atoms with Crippen molar-refractivity contribution in [1.82, 2.24) is 0 Å². The highest BCUT2D eigenvalue weighted by Gasteiger charge is 1.86. The van der Waals surface area contributed by atoms with E-state index in [0.717, 1.165) is 6.29 Å². The molecule has 0 bridgehead atoms. The predicted molar refractivity (Wildman–Crippen MR) is 44.1 cm³/mol. The first-order chi connectivity index (χ1) is 4.33. The largest absolute Gasteiger partial charge is 0.298 e. The van der Waals surface area contributed by atoms with Gasteiger partial charge in [-0.3, -0.25) is 4.79 Å². The Morgan fingerprint density at radius 3 is 2.10 bits per heavy atom. The molecule has 1 nitrogen and oxygen atoms in total. The fourth-order valence-corrected chi connectivity index (χ4v) is 0.667. The molecular weight excluding hydrogens is 171 g/mol. The molecular formula is C7H6Cl2O. The molecule has 0 saturated carbocycles. The maximum Gasteiger partial charge on any atom is 0.150 e. The Morgan fingerprint density at radius 2 is 1.70 bits per heavy atom. The number of carbonyl (C=O) groups excluding carboxylic acids is 1. The summed E-state index contributed by atoms with van der Waals surface area (Å²) in [5.74, 6) is 0. The molecule has 1 rings (SSSR count). The van der Waals surface area contributed by atoms with Crippen molar-refractivity contribution in [3.05, 3.63) is 34.9 Å². The van der Waals surface area contributed by atoms with Gasteiger partial charge in [-0.1, -0.05) is 23.7 Å². The minimum atomic E-state index is 0. The molecule has 0 aromatic heterocycles. The highest BCUT2D eigenvalue weighted by Crippen LogP contribution is 2.07. The summed E-state index contributed by atoms with van der Waals surface area (Å²) in [6.45, 7) is 0. The number of carbonyl (C=O) groups is 1. The Hall–Kier alpha value is -0.530. The van der Waals surface area contributed by atoms with Crippen molar-refractivity contribution < 1.29 is 4.79 Å². The molecule has 1 aromatic carbocycles. The van der Waals surface area contributed by atoms with Crippen LogP contribution in [0.1, 0.15) is 10.4 Å². The second-order valence-electron chi connectivity index (χ2n) is 1.67. The number of halogens is 2. The van der Waals surface area contributed by atoms with Gasteiger partial charge in [0, 0.05) is 10.6 Å². The SMILES string of the molecule is Cl.O=Cc1ccc(Cl)cc1. The summed E-state index contributed by atoms with van der Waals surface area (Å²) in [5, 5.41) is 0.653. The topological polar surface area (TPSA) is 17.1 Å². The first kappa shape index (κ1) is 9.47. The van der Waals surface area contributed by atoms with Gasteiger partial charge in [0.25, 0.3) is 0 Å². The quantitative estimate of drug-likeness (QED) is 0.602. The summed E-state index contributed by atoms with van der Waals surface area (Å²) in [6, 6.07) is 6.72. The van der Waals surface area contributed by atoms with Crippen molar-refractivity contribution in [2.24, 2.45) is 0 Å². The lowest BCUT2D eigenvalue weighted by Crippen LogP contribution is -1.74. The van der Waals surface area contributed by atoms with Gasteiger partial charge in [0.1, 0.15) is 6.29 Å². The van der Waals surface area contributed by atoms with E-state index in [1.54, 1.807) is 24.3 Å². The van der Waals surface area contributed by atoms with Gasteiger partial charge in [-0.15, -0.1) is 12.4 Å². The van der Waals surface area contributed by atoms with Crippen LogP contribution in [0.4, 0.5) is 0 Å². The van der Waals surface area contributed by atoms with E-state index >= 15 is 0 Å². The van der Waals surface area contributed by atoms with Crippen molar-refractivity contribution in [1.29, 1.82) is 0 Å². The second kappa shape index (κ2) is 4.31. The van der Waals surface area contributed by atoms with Gasteiger partial charge in [0.2, 0.25) is 0 Å². The standard InChI is InChI=1S/C7H5ClO.ClH/c8-7-3-1-6(5-9)2-4-7;/h1-5H;1H. The molecule has 0 heterocycles. The molecule has 0 radical (unpaired) electrons. The zero-order valence-corrected chi connectivity index (χ0v) is 6.65. The fraction of sp³-hybridized carbons (Fsp3) is 0. The lowest BCUT2D eigenvalue weighted by molar-refractivity contribution is 0.112. The van der Waals surface area contributed by atoms with Gasteiger partial charge in [-0.2, -0.15) is 0 Å². The van der Waals surface area contributed by atoms with Crippen molar-refractivity contribution in [2.75, 3.05) is 0 Å². The monoisotopic (exact) mass is 176 g/mol. The molecule has 54 valence electrons. The Morgan fingerprint density at radius 1 is 1.20 bits per heavy atom. The first-order valence-corrected chi connectivity index (χ1v) is 2.91. The van der Waals surface area contributed by atoms with Crippen LogP contribution in [-0.2, 0) is 0 Å². The van der Waals surface area contributed by atoms with Crippen molar-refractivity contribution in [2.45, 2.75) is 0 Å². The molecule has 10 heavy (non-hydrogen) atoms. The van der Waals surface area contributed by atoms with E-state index < -0.39 is 0 Å². The zero-order chi connectivity index (χ0) is 6.69. The van der Waals surface area contributed by atoms with Crippen molar-refractivity contribution in [3.8, 4) is 0 Å². The van der Waals surface area contributed by atoms with E-state index in [2.05, 4.69) is 0 Å². The summed E-state index contributed by atoms with van der Waals surface area (Å²) >= 11 is 5.55. The average molecular weight is 177 g/mol. The van der Waals surface area contributed by atoms with Crippen LogP contribution in [0.25, 0.3) is 0 Å². The minimum Gasteiger partial charge on any atom is -0.298 e. The number of benzene rings is 1. The van der Waals surface area contributed by atoms with Gasteiger partial charge in [0.05, 0.1) is 0 Å². The Labute approximate surface area is 70.4 Å². The molecule has 1 aromatic rings. The number of hydrogen-bond donors (Lipinski definition) is 0. The summed E-state index contributed by atoms with van der Waals surface area (Å²) in [7, 11) is 0.